The lowest BCUT2D eigenvalue weighted by molar-refractivity contribution is 0.0953. The van der Waals surface area contributed by atoms with Crippen molar-refractivity contribution in [2.75, 3.05) is 13.1 Å². The monoisotopic (exact) mass is 334 g/mol. The smallest absolute Gasteiger partial charge is 0.251 e. The van der Waals surface area contributed by atoms with Crippen molar-refractivity contribution in [3.63, 3.8) is 0 Å². The van der Waals surface area contributed by atoms with E-state index in [1.165, 1.54) is 24.3 Å². The summed E-state index contributed by atoms with van der Waals surface area (Å²) in [6.07, 6.45) is 3.59. The Hall–Kier alpha value is -2.38. The molecule has 0 fully saturated rings. The maximum atomic E-state index is 12.1. The minimum atomic E-state index is -3.65. The van der Waals surface area contributed by atoms with Gasteiger partial charge in [-0.25, -0.2) is 13.1 Å². The molecule has 2 N–H and O–H groups in total. The van der Waals surface area contributed by atoms with Crippen molar-refractivity contribution in [1.82, 2.24) is 10.0 Å². The number of hydrogen-bond acceptors (Lipinski definition) is 4. The summed E-state index contributed by atoms with van der Waals surface area (Å²) in [5.41, 5.74) is 0.283. The van der Waals surface area contributed by atoms with Crippen LogP contribution in [0.2, 0.25) is 0 Å². The van der Waals surface area contributed by atoms with Crippen LogP contribution in [-0.4, -0.2) is 27.4 Å². The first-order valence-corrected chi connectivity index (χ1v) is 8.52. The van der Waals surface area contributed by atoms with Gasteiger partial charge in [0.15, 0.2) is 0 Å². The molecule has 0 aliphatic carbocycles. The van der Waals surface area contributed by atoms with E-state index in [1.807, 2.05) is 6.07 Å². The van der Waals surface area contributed by atoms with Crippen LogP contribution in [0.25, 0.3) is 0 Å². The number of furan rings is 1. The Morgan fingerprint density at radius 1 is 1.26 bits per heavy atom. The molecular weight excluding hydrogens is 316 g/mol. The van der Waals surface area contributed by atoms with Crippen molar-refractivity contribution >= 4 is 15.9 Å². The number of nitrogens with one attached hydrogen (secondary N) is 2. The van der Waals surface area contributed by atoms with Gasteiger partial charge in [0.25, 0.3) is 5.91 Å². The summed E-state index contributed by atoms with van der Waals surface area (Å²) in [6.45, 7) is 3.99. The topological polar surface area (TPSA) is 88.4 Å². The normalized spacial score (nSPS) is 11.1. The third-order valence-electron chi connectivity index (χ3n) is 3.06. The molecule has 0 unspecified atom stereocenters. The molecule has 23 heavy (non-hydrogen) atoms. The number of amides is 1. The molecule has 0 aliphatic rings. The van der Waals surface area contributed by atoms with E-state index in [0.717, 1.165) is 5.76 Å². The van der Waals surface area contributed by atoms with Crippen LogP contribution in [0.1, 0.15) is 16.1 Å². The average Bonchev–Trinajstić information content (AvgIpc) is 3.06. The van der Waals surface area contributed by atoms with Gasteiger partial charge in [-0.1, -0.05) is 12.1 Å². The lowest BCUT2D eigenvalue weighted by Gasteiger charge is -2.08. The molecule has 6 nitrogen and oxygen atoms in total. The van der Waals surface area contributed by atoms with Crippen LogP contribution in [0.4, 0.5) is 0 Å². The van der Waals surface area contributed by atoms with Gasteiger partial charge in [0, 0.05) is 25.1 Å². The molecule has 0 bridgehead atoms. The zero-order valence-corrected chi connectivity index (χ0v) is 13.3. The van der Waals surface area contributed by atoms with E-state index >= 15 is 0 Å². The van der Waals surface area contributed by atoms with Crippen molar-refractivity contribution < 1.29 is 17.6 Å². The van der Waals surface area contributed by atoms with Crippen molar-refractivity contribution in [2.24, 2.45) is 0 Å². The highest BCUT2D eigenvalue weighted by Crippen LogP contribution is 2.11. The van der Waals surface area contributed by atoms with Crippen LogP contribution >= 0.6 is 0 Å². The molecule has 1 heterocycles. The van der Waals surface area contributed by atoms with Crippen LogP contribution < -0.4 is 10.0 Å². The van der Waals surface area contributed by atoms with Gasteiger partial charge in [-0.15, -0.1) is 6.58 Å². The molecule has 1 amide bonds. The molecule has 2 rings (SSSR count). The summed E-state index contributed by atoms with van der Waals surface area (Å²) in [5, 5.41) is 2.73. The number of rotatable bonds is 8. The summed E-state index contributed by atoms with van der Waals surface area (Å²) < 4.78 is 31.6. The van der Waals surface area contributed by atoms with Crippen LogP contribution in [0.5, 0.6) is 0 Å². The van der Waals surface area contributed by atoms with Crippen LogP contribution in [0.3, 0.4) is 0 Å². The molecule has 1 aromatic carbocycles. The van der Waals surface area contributed by atoms with Gasteiger partial charge in [-0.05, 0) is 30.3 Å². The standard InChI is InChI=1S/C16H18N2O4S/c1-2-9-18-23(20,21)15-7-3-5-13(12-15)16(19)17-10-8-14-6-4-11-22-14/h2-7,11-12,18H,1,8-10H2,(H,17,19). The molecular formula is C16H18N2O4S. The Morgan fingerprint density at radius 2 is 2.09 bits per heavy atom. The van der Waals surface area contributed by atoms with Crippen LogP contribution in [-0.2, 0) is 16.4 Å². The highest BCUT2D eigenvalue weighted by atomic mass is 32.2. The number of hydrogen-bond donors (Lipinski definition) is 2. The quantitative estimate of drug-likeness (QED) is 0.720. The van der Waals surface area contributed by atoms with Gasteiger partial charge < -0.3 is 9.73 Å². The van der Waals surface area contributed by atoms with E-state index in [9.17, 15) is 13.2 Å². The zero-order chi connectivity index (χ0) is 16.7. The van der Waals surface area contributed by atoms with Gasteiger partial charge in [-0.2, -0.15) is 0 Å². The second-order valence-corrected chi connectivity index (χ2v) is 6.52. The van der Waals surface area contributed by atoms with E-state index in [-0.39, 0.29) is 22.9 Å². The highest BCUT2D eigenvalue weighted by Gasteiger charge is 2.15. The second kappa shape index (κ2) is 7.75. The van der Waals surface area contributed by atoms with Crippen LogP contribution in [0.15, 0.2) is 64.6 Å². The number of carbonyl (C=O) groups excluding carboxylic acids is 1. The summed E-state index contributed by atoms with van der Waals surface area (Å²) in [6, 6.07) is 9.48. The first-order chi connectivity index (χ1) is 11.0. The molecule has 0 radical (unpaired) electrons. The van der Waals surface area contributed by atoms with Gasteiger partial charge in [0.05, 0.1) is 11.2 Å². The Labute approximate surface area is 135 Å². The summed E-state index contributed by atoms with van der Waals surface area (Å²) >= 11 is 0. The SMILES string of the molecule is C=CCNS(=O)(=O)c1cccc(C(=O)NCCc2ccco2)c1. The summed E-state index contributed by atoms with van der Waals surface area (Å²) in [5.74, 6) is 0.438. The lowest BCUT2D eigenvalue weighted by Crippen LogP contribution is -2.27. The molecule has 7 heteroatoms. The molecule has 122 valence electrons. The van der Waals surface area contributed by atoms with E-state index in [0.29, 0.717) is 13.0 Å². The van der Waals surface area contributed by atoms with Crippen molar-refractivity contribution in [1.29, 1.82) is 0 Å². The fourth-order valence-electron chi connectivity index (χ4n) is 1.91. The minimum absolute atomic E-state index is 0.0398. The first kappa shape index (κ1) is 17.0. The van der Waals surface area contributed by atoms with Crippen molar-refractivity contribution in [3.05, 3.63) is 66.6 Å². The van der Waals surface area contributed by atoms with Crippen LogP contribution in [0, 0.1) is 0 Å². The molecule has 0 aliphatic heterocycles. The Morgan fingerprint density at radius 3 is 2.78 bits per heavy atom. The van der Waals surface area contributed by atoms with E-state index in [2.05, 4.69) is 16.6 Å². The van der Waals surface area contributed by atoms with Gasteiger partial charge >= 0.3 is 0 Å². The van der Waals surface area contributed by atoms with E-state index in [4.69, 9.17) is 4.42 Å². The van der Waals surface area contributed by atoms with Gasteiger partial charge in [0.2, 0.25) is 10.0 Å². The van der Waals surface area contributed by atoms with Crippen molar-refractivity contribution in [3.8, 4) is 0 Å². The Bertz CT molecular complexity index is 767. The predicted molar refractivity (Wildman–Crippen MR) is 86.6 cm³/mol. The zero-order valence-electron chi connectivity index (χ0n) is 12.5. The Kier molecular flexibility index (Phi) is 5.72. The molecule has 0 saturated carbocycles. The fraction of sp³-hybridized carbons (Fsp3) is 0.188. The molecule has 2 aromatic rings. The number of sulfonamides is 1. The maximum absolute atomic E-state index is 12.1. The van der Waals surface area contributed by atoms with Crippen molar-refractivity contribution in [2.45, 2.75) is 11.3 Å². The highest BCUT2D eigenvalue weighted by molar-refractivity contribution is 7.89. The molecule has 0 atom stereocenters. The molecule has 0 saturated heterocycles. The Balaban J connectivity index is 2.00. The average molecular weight is 334 g/mol. The van der Waals surface area contributed by atoms with E-state index in [1.54, 1.807) is 18.4 Å². The largest absolute Gasteiger partial charge is 0.469 e. The molecule has 0 spiro atoms. The first-order valence-electron chi connectivity index (χ1n) is 7.04. The summed E-state index contributed by atoms with van der Waals surface area (Å²) in [4.78, 5) is 12.1. The second-order valence-electron chi connectivity index (χ2n) is 4.75. The maximum Gasteiger partial charge on any atom is 0.251 e. The number of benzene rings is 1. The third-order valence-corrected chi connectivity index (χ3v) is 4.48. The summed E-state index contributed by atoms with van der Waals surface area (Å²) in [7, 11) is -3.65. The number of carbonyl (C=O) groups is 1. The fourth-order valence-corrected chi connectivity index (χ4v) is 2.96. The van der Waals surface area contributed by atoms with Gasteiger partial charge in [-0.3, -0.25) is 4.79 Å². The minimum Gasteiger partial charge on any atom is -0.469 e. The van der Waals surface area contributed by atoms with Gasteiger partial charge in [0.1, 0.15) is 5.76 Å². The molecule has 1 aromatic heterocycles. The van der Waals surface area contributed by atoms with E-state index < -0.39 is 10.0 Å². The third kappa shape index (κ3) is 4.80. The lowest BCUT2D eigenvalue weighted by atomic mass is 10.2. The predicted octanol–water partition coefficient (Wildman–Crippen LogP) is 1.72.